The minimum absolute atomic E-state index is 0.181. The Balaban J connectivity index is 1.21. The largest absolute Gasteiger partial charge is 0.492 e. The Morgan fingerprint density at radius 1 is 0.886 bits per heavy atom. The maximum absolute atomic E-state index is 14.7. The molecule has 10 nitrogen and oxygen atoms in total. The molecule has 0 bridgehead atoms. The second-order valence-electron chi connectivity index (χ2n) is 11.3. The highest BCUT2D eigenvalue weighted by atomic mass is 19.1. The second-order valence-corrected chi connectivity index (χ2v) is 11.3. The number of hydrogen-bond donors (Lipinski definition) is 3. The first-order valence-corrected chi connectivity index (χ1v) is 14.7. The summed E-state index contributed by atoms with van der Waals surface area (Å²) in [7, 11) is 3.93. The molecular formula is C33H33FN8O2. The van der Waals surface area contributed by atoms with Gasteiger partial charge in [0.25, 0.3) is 0 Å². The van der Waals surface area contributed by atoms with E-state index in [-0.39, 0.29) is 11.9 Å². The molecule has 0 unspecified atom stereocenters. The maximum Gasteiger partial charge on any atom is 0.138 e. The van der Waals surface area contributed by atoms with Crippen LogP contribution in [0.5, 0.6) is 11.5 Å². The van der Waals surface area contributed by atoms with Crippen molar-refractivity contribution >= 4 is 21.8 Å². The summed E-state index contributed by atoms with van der Waals surface area (Å²) in [6.45, 7) is 3.10. The zero-order valence-corrected chi connectivity index (χ0v) is 24.6. The van der Waals surface area contributed by atoms with E-state index in [1.807, 2.05) is 49.3 Å². The predicted octanol–water partition coefficient (Wildman–Crippen LogP) is 5.44. The Labute approximate surface area is 253 Å². The molecule has 0 amide bonds. The number of nitrogens with zero attached hydrogens (tertiary/aromatic N) is 5. The lowest BCUT2D eigenvalue weighted by Crippen LogP contribution is -2.34. The van der Waals surface area contributed by atoms with Gasteiger partial charge in [0.15, 0.2) is 0 Å². The van der Waals surface area contributed by atoms with E-state index in [1.165, 1.54) is 12.1 Å². The molecule has 44 heavy (non-hydrogen) atoms. The van der Waals surface area contributed by atoms with Gasteiger partial charge < -0.3 is 24.7 Å². The molecule has 0 atom stereocenters. The van der Waals surface area contributed by atoms with Crippen molar-refractivity contribution in [2.45, 2.75) is 18.9 Å². The number of likely N-dealkylation sites (N-methyl/N-ethyl adjacent to an activating group) is 1. The number of halogens is 1. The van der Waals surface area contributed by atoms with E-state index in [9.17, 15) is 4.39 Å². The standard InChI is InChI=1S/C33H33FN8O2/c1-42(2)9-10-43-24-12-20(11-22(34)14-24)32-26-16-30(39-28(26)5-8-37-32)33-27-15-29(38-19-31(27)40-41-33)21-13-25(18-36-17-21)44-23-3-6-35-7-4-23/h5,8,11-19,23,35,39H,3-4,6-7,9-10H2,1-2H3,(H,40,41). The first-order valence-electron chi connectivity index (χ1n) is 14.7. The summed E-state index contributed by atoms with van der Waals surface area (Å²) in [5.74, 6) is 0.826. The summed E-state index contributed by atoms with van der Waals surface area (Å²) in [6, 6.07) is 12.6. The molecule has 7 rings (SSSR count). The molecule has 1 fully saturated rings. The lowest BCUT2D eigenvalue weighted by atomic mass is 10.1. The molecule has 224 valence electrons. The van der Waals surface area contributed by atoms with E-state index in [0.29, 0.717) is 23.6 Å². The highest BCUT2D eigenvalue weighted by Crippen LogP contribution is 2.35. The number of nitrogens with one attached hydrogen (secondary N) is 3. The van der Waals surface area contributed by atoms with Gasteiger partial charge in [-0.1, -0.05) is 0 Å². The molecule has 0 radical (unpaired) electrons. The second kappa shape index (κ2) is 12.0. The number of aromatic amines is 2. The molecule has 1 aromatic carbocycles. The van der Waals surface area contributed by atoms with Crippen LogP contribution in [0.15, 0.2) is 67.3 Å². The van der Waals surface area contributed by atoms with Crippen molar-refractivity contribution in [1.29, 1.82) is 0 Å². The first kappa shape index (κ1) is 27.9. The summed E-state index contributed by atoms with van der Waals surface area (Å²) in [6.07, 6.45) is 9.16. The highest BCUT2D eigenvalue weighted by molar-refractivity contribution is 6.00. The van der Waals surface area contributed by atoms with Gasteiger partial charge in [0.1, 0.15) is 35.7 Å². The minimum atomic E-state index is -0.380. The molecule has 5 aromatic heterocycles. The summed E-state index contributed by atoms with van der Waals surface area (Å²) in [4.78, 5) is 19.2. The Hall–Kier alpha value is -4.87. The van der Waals surface area contributed by atoms with Crippen molar-refractivity contribution in [3.05, 3.63) is 73.1 Å². The van der Waals surface area contributed by atoms with Crippen LogP contribution in [0, 0.1) is 5.82 Å². The third-order valence-corrected chi connectivity index (χ3v) is 7.80. The van der Waals surface area contributed by atoms with Crippen LogP contribution < -0.4 is 14.8 Å². The number of hydrogen-bond acceptors (Lipinski definition) is 8. The zero-order valence-electron chi connectivity index (χ0n) is 24.6. The summed E-state index contributed by atoms with van der Waals surface area (Å²) in [5, 5.41) is 12.8. The molecular weight excluding hydrogens is 559 g/mol. The van der Waals surface area contributed by atoms with Crippen LogP contribution >= 0.6 is 0 Å². The van der Waals surface area contributed by atoms with Crippen molar-refractivity contribution < 1.29 is 13.9 Å². The topological polar surface area (TPSA) is 117 Å². The van der Waals surface area contributed by atoms with Crippen LogP contribution in [0.3, 0.4) is 0 Å². The van der Waals surface area contributed by atoms with Crippen LogP contribution in [-0.4, -0.2) is 81.5 Å². The minimum Gasteiger partial charge on any atom is -0.492 e. The molecule has 6 heterocycles. The van der Waals surface area contributed by atoms with Gasteiger partial charge in [0, 0.05) is 52.4 Å². The lowest BCUT2D eigenvalue weighted by molar-refractivity contribution is 0.162. The van der Waals surface area contributed by atoms with Crippen molar-refractivity contribution in [2.75, 3.05) is 40.3 Å². The van der Waals surface area contributed by atoms with E-state index >= 15 is 0 Å². The molecule has 3 N–H and O–H groups in total. The first-order chi connectivity index (χ1) is 21.5. The molecule has 0 aliphatic carbocycles. The van der Waals surface area contributed by atoms with E-state index in [0.717, 1.165) is 82.7 Å². The summed E-state index contributed by atoms with van der Waals surface area (Å²) >= 11 is 0. The zero-order chi connectivity index (χ0) is 30.0. The Kier molecular flexibility index (Phi) is 7.63. The van der Waals surface area contributed by atoms with Gasteiger partial charge in [-0.25, -0.2) is 4.39 Å². The van der Waals surface area contributed by atoms with Gasteiger partial charge in [-0.15, -0.1) is 0 Å². The van der Waals surface area contributed by atoms with Gasteiger partial charge in [0.05, 0.1) is 35.0 Å². The van der Waals surface area contributed by atoms with Crippen molar-refractivity contribution in [1.82, 2.24) is 40.3 Å². The molecule has 11 heteroatoms. The number of pyridine rings is 3. The van der Waals surface area contributed by atoms with Gasteiger partial charge in [-0.05, 0) is 76.4 Å². The van der Waals surface area contributed by atoms with Gasteiger partial charge >= 0.3 is 0 Å². The Morgan fingerprint density at radius 2 is 1.73 bits per heavy atom. The quantitative estimate of drug-likeness (QED) is 0.203. The fourth-order valence-electron chi connectivity index (χ4n) is 5.55. The average molecular weight is 593 g/mol. The summed E-state index contributed by atoms with van der Waals surface area (Å²) < 4.78 is 26.7. The van der Waals surface area contributed by atoms with Crippen molar-refractivity contribution in [2.24, 2.45) is 0 Å². The van der Waals surface area contributed by atoms with Crippen molar-refractivity contribution in [3.63, 3.8) is 0 Å². The summed E-state index contributed by atoms with van der Waals surface area (Å²) in [5.41, 5.74) is 6.14. The van der Waals surface area contributed by atoms with Crippen LogP contribution in [-0.2, 0) is 0 Å². The van der Waals surface area contributed by atoms with E-state index in [1.54, 1.807) is 24.8 Å². The fourth-order valence-corrected chi connectivity index (χ4v) is 5.55. The van der Waals surface area contributed by atoms with Gasteiger partial charge in [-0.3, -0.25) is 20.1 Å². The number of H-pyrrole nitrogens is 2. The third-order valence-electron chi connectivity index (χ3n) is 7.80. The fraction of sp³-hybridized carbons (Fsp3) is 0.273. The normalized spacial score (nSPS) is 14.1. The monoisotopic (exact) mass is 592 g/mol. The number of aromatic nitrogens is 6. The number of fused-ring (bicyclic) bond motifs is 2. The third kappa shape index (κ3) is 5.84. The van der Waals surface area contributed by atoms with Crippen LogP contribution in [0.1, 0.15) is 12.8 Å². The lowest BCUT2D eigenvalue weighted by Gasteiger charge is -2.23. The predicted molar refractivity (Wildman–Crippen MR) is 168 cm³/mol. The molecule has 6 aromatic rings. The molecule has 0 saturated carbocycles. The SMILES string of the molecule is CN(C)CCOc1cc(F)cc(-c2nccc3[nH]c(-c4n[nH]c5cnc(-c6cncc(OC7CCNCC7)c6)cc45)cc23)c1. The smallest absolute Gasteiger partial charge is 0.138 e. The van der Waals surface area contributed by atoms with Crippen LogP contribution in [0.2, 0.25) is 0 Å². The van der Waals surface area contributed by atoms with Gasteiger partial charge in [-0.2, -0.15) is 5.10 Å². The van der Waals surface area contributed by atoms with Crippen LogP contribution in [0.4, 0.5) is 4.39 Å². The average Bonchev–Trinajstić information content (AvgIpc) is 3.65. The highest BCUT2D eigenvalue weighted by Gasteiger charge is 2.18. The van der Waals surface area contributed by atoms with E-state index in [4.69, 9.17) is 9.47 Å². The Bertz CT molecular complexity index is 1930. The number of piperidine rings is 1. The molecule has 0 spiro atoms. The molecule has 1 saturated heterocycles. The van der Waals surface area contributed by atoms with Crippen LogP contribution in [0.25, 0.3) is 55.7 Å². The van der Waals surface area contributed by atoms with Gasteiger partial charge in [0.2, 0.25) is 0 Å². The molecule has 1 aliphatic rings. The maximum atomic E-state index is 14.7. The van der Waals surface area contributed by atoms with E-state index in [2.05, 4.69) is 35.5 Å². The molecule has 1 aliphatic heterocycles. The number of benzene rings is 1. The van der Waals surface area contributed by atoms with E-state index < -0.39 is 0 Å². The number of ether oxygens (including phenoxy) is 2. The van der Waals surface area contributed by atoms with Crippen molar-refractivity contribution in [3.8, 4) is 45.4 Å². The Morgan fingerprint density at radius 3 is 2.59 bits per heavy atom. The number of rotatable bonds is 9.